The lowest BCUT2D eigenvalue weighted by Gasteiger charge is -2.11. The zero-order valence-corrected chi connectivity index (χ0v) is 6.07. The normalized spacial score (nSPS) is 13.5. The summed E-state index contributed by atoms with van der Waals surface area (Å²) in [6.45, 7) is 1.54. The van der Waals surface area contributed by atoms with Gasteiger partial charge >= 0.3 is 6.18 Å². The third kappa shape index (κ3) is 4.68. The van der Waals surface area contributed by atoms with Crippen molar-refractivity contribution in [1.29, 1.82) is 0 Å². The maximum atomic E-state index is 11.6. The van der Waals surface area contributed by atoms with Crippen molar-refractivity contribution in [1.82, 2.24) is 0 Å². The fraction of sp³-hybridized carbons (Fsp3) is 0.714. The first-order valence-electron chi connectivity index (χ1n) is 3.13. The van der Waals surface area contributed by atoms with E-state index in [1.165, 1.54) is 0 Å². The summed E-state index contributed by atoms with van der Waals surface area (Å²) >= 11 is 0. The lowest BCUT2D eigenvalue weighted by molar-refractivity contribution is -0.204. The van der Waals surface area contributed by atoms with Gasteiger partial charge in [-0.3, -0.25) is 0 Å². The van der Waals surface area contributed by atoms with E-state index in [0.717, 1.165) is 0 Å². The molecule has 0 bridgehead atoms. The topological polar surface area (TPSA) is 20.2 Å². The molecular formula is C7H9F3O. The summed E-state index contributed by atoms with van der Waals surface area (Å²) in [6.07, 6.45) is -7.00. The third-order valence-electron chi connectivity index (χ3n) is 1.10. The van der Waals surface area contributed by atoms with Crippen molar-refractivity contribution in [3.8, 4) is 11.8 Å². The van der Waals surface area contributed by atoms with E-state index >= 15 is 0 Å². The Morgan fingerprint density at radius 1 is 1.45 bits per heavy atom. The molecule has 11 heavy (non-hydrogen) atoms. The molecule has 0 heterocycles. The number of aliphatic hydroxyl groups excluding tert-OH is 1. The zero-order chi connectivity index (χ0) is 8.91. The summed E-state index contributed by atoms with van der Waals surface area (Å²) in [6, 6.07) is 0. The number of hydrogen-bond acceptors (Lipinski definition) is 1. The van der Waals surface area contributed by atoms with E-state index in [1.54, 1.807) is 6.92 Å². The minimum atomic E-state index is -4.50. The molecule has 4 heteroatoms. The smallest absolute Gasteiger partial charge is 0.384 e. The van der Waals surface area contributed by atoms with Crippen LogP contribution >= 0.6 is 0 Å². The molecule has 0 saturated heterocycles. The van der Waals surface area contributed by atoms with Gasteiger partial charge in [-0.1, -0.05) is 0 Å². The quantitative estimate of drug-likeness (QED) is 0.619. The Bertz CT molecular complexity index is 163. The Labute approximate surface area is 63.2 Å². The first-order chi connectivity index (χ1) is 4.98. The van der Waals surface area contributed by atoms with Crippen molar-refractivity contribution < 1.29 is 18.3 Å². The second-order valence-corrected chi connectivity index (χ2v) is 2.02. The highest BCUT2D eigenvalue weighted by atomic mass is 19.4. The molecule has 1 atom stereocenters. The standard InChI is InChI=1S/C7H9F3O/c1-2-3-4-5-6(11)7(8,9)10/h6,11H,4-5H2,1H3. The number of alkyl halides is 3. The average molecular weight is 166 g/mol. The SMILES string of the molecule is CC#CCCC(O)C(F)(F)F. The lowest BCUT2D eigenvalue weighted by Crippen LogP contribution is -2.28. The molecule has 1 nitrogen and oxygen atoms in total. The molecule has 0 aliphatic heterocycles. The Morgan fingerprint density at radius 2 is 2.00 bits per heavy atom. The summed E-state index contributed by atoms with van der Waals surface area (Å²) < 4.78 is 34.7. The second-order valence-electron chi connectivity index (χ2n) is 2.02. The van der Waals surface area contributed by atoms with E-state index in [1.807, 2.05) is 0 Å². The Balaban J connectivity index is 3.67. The van der Waals surface area contributed by atoms with E-state index in [0.29, 0.717) is 0 Å². The summed E-state index contributed by atoms with van der Waals surface area (Å²) in [4.78, 5) is 0. The molecular weight excluding hydrogens is 157 g/mol. The van der Waals surface area contributed by atoms with Crippen LogP contribution in [0.1, 0.15) is 19.8 Å². The van der Waals surface area contributed by atoms with Crippen molar-refractivity contribution in [2.24, 2.45) is 0 Å². The van der Waals surface area contributed by atoms with Crippen LogP contribution < -0.4 is 0 Å². The molecule has 0 fully saturated rings. The highest BCUT2D eigenvalue weighted by Gasteiger charge is 2.37. The Kier molecular flexibility index (Phi) is 3.98. The van der Waals surface area contributed by atoms with Gasteiger partial charge in [0, 0.05) is 6.42 Å². The van der Waals surface area contributed by atoms with E-state index in [2.05, 4.69) is 11.8 Å². The van der Waals surface area contributed by atoms with Gasteiger partial charge in [-0.05, 0) is 13.3 Å². The minimum absolute atomic E-state index is 0.0805. The van der Waals surface area contributed by atoms with Crippen LogP contribution in [0.4, 0.5) is 13.2 Å². The maximum Gasteiger partial charge on any atom is 0.414 e. The van der Waals surface area contributed by atoms with Crippen molar-refractivity contribution in [3.05, 3.63) is 0 Å². The van der Waals surface area contributed by atoms with Gasteiger partial charge in [0.1, 0.15) is 0 Å². The molecule has 0 spiro atoms. The van der Waals surface area contributed by atoms with E-state index < -0.39 is 12.3 Å². The van der Waals surface area contributed by atoms with Crippen LogP contribution in [-0.4, -0.2) is 17.4 Å². The fourth-order valence-electron chi connectivity index (χ4n) is 0.498. The largest absolute Gasteiger partial charge is 0.414 e. The molecule has 0 amide bonds. The molecule has 1 unspecified atom stereocenters. The molecule has 0 radical (unpaired) electrons. The van der Waals surface area contributed by atoms with Crippen LogP contribution in [-0.2, 0) is 0 Å². The minimum Gasteiger partial charge on any atom is -0.384 e. The molecule has 0 rings (SSSR count). The Morgan fingerprint density at radius 3 is 2.36 bits per heavy atom. The molecule has 0 aromatic carbocycles. The fourth-order valence-corrected chi connectivity index (χ4v) is 0.498. The second kappa shape index (κ2) is 4.24. The molecule has 0 aromatic rings. The number of hydrogen-bond donors (Lipinski definition) is 1. The summed E-state index contributed by atoms with van der Waals surface area (Å²) in [5.74, 6) is 4.89. The number of rotatable bonds is 2. The molecule has 1 N–H and O–H groups in total. The van der Waals surface area contributed by atoms with Gasteiger partial charge in [0.15, 0.2) is 6.10 Å². The van der Waals surface area contributed by atoms with Gasteiger partial charge in [-0.2, -0.15) is 13.2 Å². The van der Waals surface area contributed by atoms with E-state index in [4.69, 9.17) is 5.11 Å². The molecule has 0 aliphatic rings. The molecule has 0 saturated carbocycles. The molecule has 0 aromatic heterocycles. The lowest BCUT2D eigenvalue weighted by atomic mass is 10.2. The zero-order valence-electron chi connectivity index (χ0n) is 6.07. The van der Waals surface area contributed by atoms with Gasteiger partial charge in [0.2, 0.25) is 0 Å². The van der Waals surface area contributed by atoms with Crippen LogP contribution in [0.2, 0.25) is 0 Å². The number of halogens is 3. The summed E-state index contributed by atoms with van der Waals surface area (Å²) in [7, 11) is 0. The van der Waals surface area contributed by atoms with Gasteiger partial charge in [0.25, 0.3) is 0 Å². The van der Waals surface area contributed by atoms with Gasteiger partial charge in [-0.15, -0.1) is 11.8 Å². The van der Waals surface area contributed by atoms with E-state index in [9.17, 15) is 13.2 Å². The van der Waals surface area contributed by atoms with Crippen LogP contribution in [0.25, 0.3) is 0 Å². The average Bonchev–Trinajstić information content (AvgIpc) is 1.86. The van der Waals surface area contributed by atoms with Crippen molar-refractivity contribution >= 4 is 0 Å². The monoisotopic (exact) mass is 166 g/mol. The predicted molar refractivity (Wildman–Crippen MR) is 34.7 cm³/mol. The van der Waals surface area contributed by atoms with Crippen molar-refractivity contribution in [3.63, 3.8) is 0 Å². The van der Waals surface area contributed by atoms with E-state index in [-0.39, 0.29) is 12.8 Å². The van der Waals surface area contributed by atoms with Gasteiger partial charge in [-0.25, -0.2) is 0 Å². The maximum absolute atomic E-state index is 11.6. The highest BCUT2D eigenvalue weighted by molar-refractivity contribution is 4.95. The highest BCUT2D eigenvalue weighted by Crippen LogP contribution is 2.22. The number of aliphatic hydroxyl groups is 1. The first-order valence-corrected chi connectivity index (χ1v) is 3.13. The molecule has 0 aliphatic carbocycles. The third-order valence-corrected chi connectivity index (χ3v) is 1.10. The van der Waals surface area contributed by atoms with Crippen LogP contribution in [0.3, 0.4) is 0 Å². The van der Waals surface area contributed by atoms with Crippen molar-refractivity contribution in [2.45, 2.75) is 32.0 Å². The first kappa shape index (κ1) is 10.3. The van der Waals surface area contributed by atoms with Gasteiger partial charge in [0.05, 0.1) is 0 Å². The van der Waals surface area contributed by atoms with Crippen LogP contribution in [0, 0.1) is 11.8 Å². The van der Waals surface area contributed by atoms with Crippen molar-refractivity contribution in [2.75, 3.05) is 0 Å². The molecule has 64 valence electrons. The van der Waals surface area contributed by atoms with Crippen LogP contribution in [0.15, 0.2) is 0 Å². The summed E-state index contributed by atoms with van der Waals surface area (Å²) in [5, 5.41) is 8.42. The predicted octanol–water partition coefficient (Wildman–Crippen LogP) is 1.71. The van der Waals surface area contributed by atoms with Crippen LogP contribution in [0.5, 0.6) is 0 Å². The summed E-state index contributed by atoms with van der Waals surface area (Å²) in [5.41, 5.74) is 0. The van der Waals surface area contributed by atoms with Gasteiger partial charge < -0.3 is 5.11 Å². The Hall–Kier alpha value is -0.690.